The number of ether oxygens (including phenoxy) is 1. The lowest BCUT2D eigenvalue weighted by Crippen LogP contribution is -2.45. The molecule has 3 nitrogen and oxygen atoms in total. The van der Waals surface area contributed by atoms with Crippen molar-refractivity contribution in [3.63, 3.8) is 0 Å². The van der Waals surface area contributed by atoms with Crippen molar-refractivity contribution in [2.45, 2.75) is 51.0 Å². The molecule has 0 radical (unpaired) electrons. The zero-order valence-electron chi connectivity index (χ0n) is 11.0. The molecule has 3 N–H and O–H groups in total. The Kier molecular flexibility index (Phi) is 4.45. The minimum absolute atomic E-state index is 0.332. The van der Waals surface area contributed by atoms with E-state index in [4.69, 9.17) is 10.5 Å². The molecule has 17 heavy (non-hydrogen) atoms. The van der Waals surface area contributed by atoms with Crippen molar-refractivity contribution in [2.75, 3.05) is 19.8 Å². The Hall–Kier alpha value is -0.120. The number of aliphatic hydroxyl groups is 1. The van der Waals surface area contributed by atoms with Crippen molar-refractivity contribution in [1.82, 2.24) is 0 Å². The van der Waals surface area contributed by atoms with Crippen LogP contribution >= 0.6 is 0 Å². The predicted octanol–water partition coefficient (Wildman–Crippen LogP) is 1.93. The van der Waals surface area contributed by atoms with Crippen molar-refractivity contribution in [1.29, 1.82) is 0 Å². The molecule has 2 aliphatic rings. The molecule has 2 saturated carbocycles. The molecule has 3 heteroatoms. The fourth-order valence-electron chi connectivity index (χ4n) is 3.08. The normalized spacial score (nSPS) is 33.4. The van der Waals surface area contributed by atoms with Crippen LogP contribution in [0, 0.1) is 17.8 Å². The van der Waals surface area contributed by atoms with Crippen LogP contribution in [0.1, 0.15) is 45.4 Å². The molecule has 3 unspecified atom stereocenters. The van der Waals surface area contributed by atoms with Crippen molar-refractivity contribution in [3.8, 4) is 0 Å². The molecule has 2 rings (SSSR count). The highest BCUT2D eigenvalue weighted by molar-refractivity contribution is 4.95. The van der Waals surface area contributed by atoms with Gasteiger partial charge in [0.1, 0.15) is 5.60 Å². The lowest BCUT2D eigenvalue weighted by molar-refractivity contribution is -0.0651. The van der Waals surface area contributed by atoms with Gasteiger partial charge in [0.05, 0.1) is 6.61 Å². The highest BCUT2D eigenvalue weighted by Crippen LogP contribution is 2.39. The molecule has 0 aliphatic heterocycles. The Balaban J connectivity index is 1.67. The second-order valence-corrected chi connectivity index (χ2v) is 6.23. The summed E-state index contributed by atoms with van der Waals surface area (Å²) in [5.41, 5.74) is 4.91. The van der Waals surface area contributed by atoms with Gasteiger partial charge in [-0.05, 0) is 43.4 Å². The third kappa shape index (κ3) is 3.67. The number of nitrogens with two attached hydrogens (primary N) is 1. The van der Waals surface area contributed by atoms with Gasteiger partial charge in [-0.25, -0.2) is 0 Å². The fourth-order valence-corrected chi connectivity index (χ4v) is 3.08. The van der Waals surface area contributed by atoms with E-state index in [2.05, 4.69) is 6.92 Å². The van der Waals surface area contributed by atoms with Crippen molar-refractivity contribution >= 4 is 0 Å². The van der Waals surface area contributed by atoms with Gasteiger partial charge < -0.3 is 15.6 Å². The maximum Gasteiger partial charge on any atom is 0.103 e. The van der Waals surface area contributed by atoms with Crippen LogP contribution in [0.25, 0.3) is 0 Å². The van der Waals surface area contributed by atoms with Crippen molar-refractivity contribution in [3.05, 3.63) is 0 Å². The lowest BCUT2D eigenvalue weighted by atomic mass is 9.83. The van der Waals surface area contributed by atoms with Crippen LogP contribution in [0.5, 0.6) is 0 Å². The quantitative estimate of drug-likeness (QED) is 0.747. The van der Waals surface area contributed by atoms with Gasteiger partial charge in [0, 0.05) is 13.2 Å². The molecule has 2 fully saturated rings. The largest absolute Gasteiger partial charge is 0.386 e. The highest BCUT2D eigenvalue weighted by atomic mass is 16.5. The average molecular weight is 241 g/mol. The van der Waals surface area contributed by atoms with Gasteiger partial charge >= 0.3 is 0 Å². The second kappa shape index (κ2) is 5.68. The van der Waals surface area contributed by atoms with Crippen LogP contribution in [0.15, 0.2) is 0 Å². The molecule has 0 saturated heterocycles. The average Bonchev–Trinajstić information content (AvgIpc) is 3.13. The van der Waals surface area contributed by atoms with E-state index in [0.717, 1.165) is 25.4 Å². The third-order valence-electron chi connectivity index (χ3n) is 4.44. The highest BCUT2D eigenvalue weighted by Gasteiger charge is 2.43. The minimum Gasteiger partial charge on any atom is -0.386 e. The summed E-state index contributed by atoms with van der Waals surface area (Å²) in [6.07, 6.45) is 7.48. The molecule has 2 aliphatic carbocycles. The van der Waals surface area contributed by atoms with E-state index in [1.807, 2.05) is 0 Å². The Morgan fingerprint density at radius 1 is 1.29 bits per heavy atom. The molecule has 0 amide bonds. The number of hydrogen-bond donors (Lipinski definition) is 2. The Labute approximate surface area is 105 Å². The molecule has 0 bridgehead atoms. The Morgan fingerprint density at radius 3 is 2.65 bits per heavy atom. The molecule has 3 atom stereocenters. The molecule has 0 heterocycles. The SMILES string of the molecule is CC1CCCC(COCC(O)(CN)C2CC2)C1. The first-order valence-corrected chi connectivity index (χ1v) is 7.14. The van der Waals surface area contributed by atoms with Gasteiger partial charge in [-0.2, -0.15) is 0 Å². The van der Waals surface area contributed by atoms with E-state index in [9.17, 15) is 5.11 Å². The zero-order chi connectivity index (χ0) is 12.3. The van der Waals surface area contributed by atoms with Gasteiger partial charge in [0.2, 0.25) is 0 Å². The van der Waals surface area contributed by atoms with E-state index in [-0.39, 0.29) is 0 Å². The van der Waals surface area contributed by atoms with Gasteiger partial charge in [-0.1, -0.05) is 19.8 Å². The summed E-state index contributed by atoms with van der Waals surface area (Å²) in [4.78, 5) is 0. The first-order valence-electron chi connectivity index (χ1n) is 7.14. The first-order chi connectivity index (χ1) is 8.14. The summed E-state index contributed by atoms with van der Waals surface area (Å²) in [5, 5.41) is 10.3. The predicted molar refractivity (Wildman–Crippen MR) is 68.7 cm³/mol. The van der Waals surface area contributed by atoms with Crippen LogP contribution in [0.2, 0.25) is 0 Å². The Bertz CT molecular complexity index is 242. The summed E-state index contributed by atoms with van der Waals surface area (Å²) < 4.78 is 5.75. The van der Waals surface area contributed by atoms with E-state index in [1.165, 1.54) is 25.7 Å². The van der Waals surface area contributed by atoms with Gasteiger partial charge in [-0.15, -0.1) is 0 Å². The van der Waals surface area contributed by atoms with E-state index >= 15 is 0 Å². The molecular weight excluding hydrogens is 214 g/mol. The standard InChI is InChI=1S/C14H27NO2/c1-11-3-2-4-12(7-11)8-17-10-14(16,9-15)13-5-6-13/h11-13,16H,2-10,15H2,1H3. The smallest absolute Gasteiger partial charge is 0.103 e. The monoisotopic (exact) mass is 241 g/mol. The molecular formula is C14H27NO2. The van der Waals surface area contributed by atoms with E-state index < -0.39 is 5.60 Å². The summed E-state index contributed by atoms with van der Waals surface area (Å²) >= 11 is 0. The minimum atomic E-state index is -0.750. The van der Waals surface area contributed by atoms with Gasteiger partial charge in [0.15, 0.2) is 0 Å². The summed E-state index contributed by atoms with van der Waals surface area (Å²) in [6, 6.07) is 0. The second-order valence-electron chi connectivity index (χ2n) is 6.23. The summed E-state index contributed by atoms with van der Waals surface area (Å²) in [7, 11) is 0. The van der Waals surface area contributed by atoms with Crippen LogP contribution in [-0.4, -0.2) is 30.5 Å². The summed E-state index contributed by atoms with van der Waals surface area (Å²) in [5.74, 6) is 1.92. The number of hydrogen-bond acceptors (Lipinski definition) is 3. The first kappa shape index (κ1) is 13.3. The Morgan fingerprint density at radius 2 is 2.06 bits per heavy atom. The van der Waals surface area contributed by atoms with Crippen LogP contribution in [-0.2, 0) is 4.74 Å². The molecule has 0 aromatic heterocycles. The molecule has 0 aromatic rings. The van der Waals surface area contributed by atoms with Crippen LogP contribution in [0.3, 0.4) is 0 Å². The van der Waals surface area contributed by atoms with Gasteiger partial charge in [-0.3, -0.25) is 0 Å². The van der Waals surface area contributed by atoms with Gasteiger partial charge in [0.25, 0.3) is 0 Å². The molecule has 100 valence electrons. The van der Waals surface area contributed by atoms with Crippen LogP contribution < -0.4 is 5.73 Å². The van der Waals surface area contributed by atoms with Crippen molar-refractivity contribution in [2.24, 2.45) is 23.5 Å². The topological polar surface area (TPSA) is 55.5 Å². The molecule has 0 spiro atoms. The maximum absolute atomic E-state index is 10.3. The maximum atomic E-state index is 10.3. The van der Waals surface area contributed by atoms with Crippen LogP contribution in [0.4, 0.5) is 0 Å². The van der Waals surface area contributed by atoms with Crippen molar-refractivity contribution < 1.29 is 9.84 Å². The number of rotatable bonds is 6. The lowest BCUT2D eigenvalue weighted by Gasteiger charge is -2.30. The molecule has 0 aromatic carbocycles. The van der Waals surface area contributed by atoms with E-state index in [0.29, 0.717) is 25.0 Å². The zero-order valence-corrected chi connectivity index (χ0v) is 11.0. The third-order valence-corrected chi connectivity index (χ3v) is 4.44. The van der Waals surface area contributed by atoms with E-state index in [1.54, 1.807) is 0 Å². The fraction of sp³-hybridized carbons (Fsp3) is 1.00. The summed E-state index contributed by atoms with van der Waals surface area (Å²) in [6.45, 7) is 3.89.